The molecule has 0 radical (unpaired) electrons. The van der Waals surface area contributed by atoms with Crippen LogP contribution < -0.4 is 0 Å². The lowest BCUT2D eigenvalue weighted by Crippen LogP contribution is -1.83. The second kappa shape index (κ2) is 2.09. The van der Waals surface area contributed by atoms with Gasteiger partial charge in [-0.1, -0.05) is 6.07 Å². The van der Waals surface area contributed by atoms with E-state index in [0.717, 1.165) is 4.88 Å². The molecule has 0 aliphatic rings. The minimum Gasteiger partial charge on any atom is -0.294 e. The van der Waals surface area contributed by atoms with Gasteiger partial charge >= 0.3 is 0 Å². The van der Waals surface area contributed by atoms with Crippen LogP contribution in [0.25, 0.3) is 0 Å². The topological polar surface area (TPSA) is 17.1 Å². The van der Waals surface area contributed by atoms with Crippen molar-refractivity contribution in [1.29, 1.82) is 0 Å². The van der Waals surface area contributed by atoms with Gasteiger partial charge in [0.15, 0.2) is 5.78 Å². The zero-order valence-corrected chi connectivity index (χ0v) is 5.37. The van der Waals surface area contributed by atoms with Crippen LogP contribution in [-0.4, -0.2) is 5.78 Å². The number of hydrogen-bond acceptors (Lipinski definition) is 2. The van der Waals surface area contributed by atoms with Gasteiger partial charge in [0.2, 0.25) is 0 Å². The van der Waals surface area contributed by atoms with Crippen LogP contribution >= 0.6 is 11.3 Å². The lowest BCUT2D eigenvalue weighted by Gasteiger charge is -1.79. The highest BCUT2D eigenvalue weighted by Gasteiger charge is 1.95. The van der Waals surface area contributed by atoms with Gasteiger partial charge in [-0.25, -0.2) is 0 Å². The van der Waals surface area contributed by atoms with E-state index in [4.69, 9.17) is 0 Å². The normalized spacial score (nSPS) is 9.12. The first kappa shape index (κ1) is 5.51. The Hall–Kier alpha value is -0.630. The third kappa shape index (κ3) is 0.954. The third-order valence-corrected chi connectivity index (χ3v) is 1.84. The molecule has 8 heavy (non-hydrogen) atoms. The summed E-state index contributed by atoms with van der Waals surface area (Å²) in [5.41, 5.74) is 0. The molecule has 0 atom stereocenters. The fourth-order valence-corrected chi connectivity index (χ4v) is 1.11. The summed E-state index contributed by atoms with van der Waals surface area (Å²) in [5.74, 6) is 0.153. The maximum atomic E-state index is 10.5. The molecule has 0 aliphatic carbocycles. The quantitative estimate of drug-likeness (QED) is 0.524. The molecule has 0 spiro atoms. The number of ketones is 1. The molecule has 0 amide bonds. The summed E-state index contributed by atoms with van der Waals surface area (Å²) in [6.45, 7) is 1.58. The molecule has 1 rings (SSSR count). The smallest absolute Gasteiger partial charge is 0.169 e. The van der Waals surface area contributed by atoms with Crippen LogP contribution in [-0.2, 0) is 0 Å². The van der Waals surface area contributed by atoms with Crippen LogP contribution in [0.1, 0.15) is 16.6 Å². The summed E-state index contributed by atoms with van der Waals surface area (Å²) in [5, 5.41) is 1.90. The molecule has 1 aromatic rings. The summed E-state index contributed by atoms with van der Waals surface area (Å²) in [4.78, 5) is 11.4. The minimum atomic E-state index is 0.153. The Morgan fingerprint density at radius 2 is 2.50 bits per heavy atom. The van der Waals surface area contributed by atoms with Gasteiger partial charge in [-0.05, 0) is 18.4 Å². The molecule has 1 nitrogen and oxygen atoms in total. The van der Waals surface area contributed by atoms with Gasteiger partial charge in [0.25, 0.3) is 0 Å². The fourth-order valence-electron chi connectivity index (χ4n) is 0.479. The highest BCUT2D eigenvalue weighted by Crippen LogP contribution is 2.07. The summed E-state index contributed by atoms with van der Waals surface area (Å²) >= 11 is 1.48. The lowest BCUT2D eigenvalue weighted by atomic mass is 9.88. The standard InChI is InChI=1S/C6H6OS/c1-5(7)6-3-2-4-8-6/h2-4H,1H3/i5-1. The van der Waals surface area contributed by atoms with E-state index in [0.29, 0.717) is 0 Å². The first-order valence-electron chi connectivity index (χ1n) is 2.35. The van der Waals surface area contributed by atoms with Crippen molar-refractivity contribution in [3.8, 4) is 0 Å². The second-order valence-electron chi connectivity index (χ2n) is 1.53. The number of carbonyl (C=O) groups excluding carboxylic acids is 1. The van der Waals surface area contributed by atoms with E-state index in [1.807, 2.05) is 17.5 Å². The van der Waals surface area contributed by atoms with Gasteiger partial charge in [-0.15, -0.1) is 11.3 Å². The highest BCUT2D eigenvalue weighted by atomic mass is 32.1. The van der Waals surface area contributed by atoms with Gasteiger partial charge in [0.1, 0.15) is 0 Å². The molecular weight excluding hydrogens is 119 g/mol. The maximum Gasteiger partial charge on any atom is 0.169 e. The molecule has 0 saturated heterocycles. The van der Waals surface area contributed by atoms with E-state index in [9.17, 15) is 4.79 Å². The predicted octanol–water partition coefficient (Wildman–Crippen LogP) is 1.95. The molecule has 0 N–H and O–H groups in total. The van der Waals surface area contributed by atoms with Crippen molar-refractivity contribution in [2.45, 2.75) is 6.92 Å². The number of Topliss-reactive ketones (excluding diaryl/α,β-unsaturated/α-hetero) is 1. The summed E-state index contributed by atoms with van der Waals surface area (Å²) in [6.07, 6.45) is 0. The predicted molar refractivity (Wildman–Crippen MR) is 34.3 cm³/mol. The van der Waals surface area contributed by atoms with Crippen molar-refractivity contribution >= 4 is 17.1 Å². The largest absolute Gasteiger partial charge is 0.294 e. The lowest BCUT2D eigenvalue weighted by molar-refractivity contribution is 0.102. The monoisotopic (exact) mass is 125 g/mol. The molecule has 0 fully saturated rings. The highest BCUT2D eigenvalue weighted by molar-refractivity contribution is 7.12. The van der Waals surface area contributed by atoms with Crippen molar-refractivity contribution < 1.29 is 4.79 Å². The number of hydrogen-bond donors (Lipinski definition) is 0. The molecule has 1 aromatic heterocycles. The van der Waals surface area contributed by atoms with Crippen LogP contribution in [0.4, 0.5) is 0 Å². The van der Waals surface area contributed by atoms with Crippen molar-refractivity contribution in [2.75, 3.05) is 0 Å². The summed E-state index contributed by atoms with van der Waals surface area (Å²) < 4.78 is 0. The first-order chi connectivity index (χ1) is 3.80. The van der Waals surface area contributed by atoms with Crippen LogP contribution in [0.2, 0.25) is 0 Å². The van der Waals surface area contributed by atoms with Crippen molar-refractivity contribution in [1.82, 2.24) is 0 Å². The van der Waals surface area contributed by atoms with Gasteiger partial charge in [0.05, 0.1) is 4.88 Å². The summed E-state index contributed by atoms with van der Waals surface area (Å²) in [7, 11) is 0. The van der Waals surface area contributed by atoms with Crippen molar-refractivity contribution in [2.24, 2.45) is 0 Å². The van der Waals surface area contributed by atoms with Gasteiger partial charge in [-0.3, -0.25) is 4.79 Å². The van der Waals surface area contributed by atoms with Crippen molar-refractivity contribution in [3.63, 3.8) is 0 Å². The van der Waals surface area contributed by atoms with Gasteiger partial charge in [-0.2, -0.15) is 0 Å². The van der Waals surface area contributed by atoms with Crippen LogP contribution in [0.5, 0.6) is 0 Å². The Morgan fingerprint density at radius 3 is 2.75 bits per heavy atom. The Bertz CT molecular complexity index is 176. The zero-order chi connectivity index (χ0) is 5.98. The minimum absolute atomic E-state index is 0.153. The van der Waals surface area contributed by atoms with Crippen LogP contribution in [0.3, 0.4) is 0 Å². The van der Waals surface area contributed by atoms with E-state index in [1.165, 1.54) is 11.3 Å². The number of carbonyl (C=O) groups is 1. The van der Waals surface area contributed by atoms with Gasteiger partial charge < -0.3 is 0 Å². The van der Waals surface area contributed by atoms with Gasteiger partial charge in [0, 0.05) is 0 Å². The van der Waals surface area contributed by atoms with E-state index in [-0.39, 0.29) is 5.78 Å². The zero-order valence-electron chi connectivity index (χ0n) is 4.55. The molecule has 0 bridgehead atoms. The molecule has 42 valence electrons. The molecule has 0 aromatic carbocycles. The average molecular weight is 125 g/mol. The molecule has 0 unspecified atom stereocenters. The average Bonchev–Trinajstić information content (AvgIpc) is 2.12. The van der Waals surface area contributed by atoms with Crippen LogP contribution in [0.15, 0.2) is 17.5 Å². The SMILES string of the molecule is C[11C](=O)c1cccs1. The second-order valence-corrected chi connectivity index (χ2v) is 2.48. The number of rotatable bonds is 1. The molecular formula is C6H6OS. The Morgan fingerprint density at radius 1 is 1.75 bits per heavy atom. The third-order valence-electron chi connectivity index (χ3n) is 0.868. The van der Waals surface area contributed by atoms with E-state index >= 15 is 0 Å². The molecule has 1 heterocycles. The first-order valence-corrected chi connectivity index (χ1v) is 3.23. The summed E-state index contributed by atoms with van der Waals surface area (Å²) in [6, 6.07) is 3.70. The number of thiophene rings is 1. The van der Waals surface area contributed by atoms with E-state index in [1.54, 1.807) is 6.92 Å². The Kier molecular flexibility index (Phi) is 1.44. The Labute approximate surface area is 52.0 Å². The van der Waals surface area contributed by atoms with Crippen LogP contribution in [0, 0.1) is 0 Å². The molecule has 0 aliphatic heterocycles. The molecule has 0 saturated carbocycles. The molecule has 2 heteroatoms. The maximum absolute atomic E-state index is 10.5. The fraction of sp³-hybridized carbons (Fsp3) is 0.167. The Balaban J connectivity index is 2.93. The van der Waals surface area contributed by atoms with E-state index < -0.39 is 0 Å². The van der Waals surface area contributed by atoms with E-state index in [2.05, 4.69) is 0 Å². The van der Waals surface area contributed by atoms with Crippen molar-refractivity contribution in [3.05, 3.63) is 22.4 Å².